The maximum atomic E-state index is 8.39. The molecule has 4 nitrogen and oxygen atoms in total. The number of hydrogen-bond acceptors (Lipinski definition) is 3. The molecule has 0 aliphatic heterocycles. The molecule has 0 atom stereocenters. The molecule has 1 aromatic carbocycles. The van der Waals surface area contributed by atoms with Gasteiger partial charge >= 0.3 is 0 Å². The lowest BCUT2D eigenvalue weighted by Gasteiger charge is -2.04. The molecule has 0 saturated heterocycles. The van der Waals surface area contributed by atoms with Crippen LogP contribution >= 0.6 is 0 Å². The van der Waals surface area contributed by atoms with Gasteiger partial charge in [0.05, 0.1) is 23.4 Å². The minimum Gasteiger partial charge on any atom is -0.385 e. The number of unbranched alkanes of at least 4 members (excludes halogenated alkanes) is 1. The average molecular weight is 200 g/mol. The average Bonchev–Trinajstić information content (AvgIpc) is 2.71. The molecular formula is C11H12N4. The Morgan fingerprint density at radius 3 is 3.27 bits per heavy atom. The van der Waals surface area contributed by atoms with Crippen LogP contribution in [0.5, 0.6) is 0 Å². The number of aromatic amines is 1. The van der Waals surface area contributed by atoms with Gasteiger partial charge in [0, 0.05) is 18.7 Å². The number of aromatic nitrogens is 2. The van der Waals surface area contributed by atoms with Crippen molar-refractivity contribution in [1.82, 2.24) is 9.97 Å². The second kappa shape index (κ2) is 4.47. The number of benzene rings is 1. The third-order valence-corrected chi connectivity index (χ3v) is 2.21. The van der Waals surface area contributed by atoms with Crippen LogP contribution in [0.2, 0.25) is 0 Å². The van der Waals surface area contributed by atoms with E-state index in [2.05, 4.69) is 21.4 Å². The van der Waals surface area contributed by atoms with Gasteiger partial charge in [-0.15, -0.1) is 0 Å². The first kappa shape index (κ1) is 9.53. The minimum atomic E-state index is 0.597. The van der Waals surface area contributed by atoms with Gasteiger partial charge in [-0.25, -0.2) is 4.98 Å². The predicted octanol–water partition coefficient (Wildman–Crippen LogP) is 2.28. The summed E-state index contributed by atoms with van der Waals surface area (Å²) in [6.45, 7) is 0.827. The number of fused-ring (bicyclic) bond motifs is 1. The molecule has 0 amide bonds. The van der Waals surface area contributed by atoms with Crippen molar-refractivity contribution in [3.63, 3.8) is 0 Å². The summed E-state index contributed by atoms with van der Waals surface area (Å²) in [5.41, 5.74) is 3.06. The number of nitrogens with one attached hydrogen (secondary N) is 2. The van der Waals surface area contributed by atoms with Gasteiger partial charge in [-0.3, -0.25) is 0 Å². The first-order valence-corrected chi connectivity index (χ1v) is 4.94. The monoisotopic (exact) mass is 200 g/mol. The van der Waals surface area contributed by atoms with Gasteiger partial charge in [0.15, 0.2) is 0 Å². The lowest BCUT2D eigenvalue weighted by molar-refractivity contribution is 0.898. The Labute approximate surface area is 87.9 Å². The van der Waals surface area contributed by atoms with Crippen LogP contribution < -0.4 is 5.32 Å². The summed E-state index contributed by atoms with van der Waals surface area (Å²) in [7, 11) is 0. The molecule has 2 aromatic rings. The summed E-state index contributed by atoms with van der Waals surface area (Å²) in [4.78, 5) is 7.20. The van der Waals surface area contributed by atoms with Gasteiger partial charge in [-0.1, -0.05) is 0 Å². The molecule has 1 heterocycles. The minimum absolute atomic E-state index is 0.597. The fourth-order valence-corrected chi connectivity index (χ4v) is 1.45. The Morgan fingerprint density at radius 1 is 1.47 bits per heavy atom. The van der Waals surface area contributed by atoms with Gasteiger partial charge in [-0.2, -0.15) is 5.26 Å². The van der Waals surface area contributed by atoms with E-state index in [0.29, 0.717) is 6.42 Å². The highest BCUT2D eigenvalue weighted by Crippen LogP contribution is 2.15. The maximum absolute atomic E-state index is 8.39. The molecule has 0 fully saturated rings. The fraction of sp³-hybridized carbons (Fsp3) is 0.273. The Kier molecular flexibility index (Phi) is 2.84. The summed E-state index contributed by atoms with van der Waals surface area (Å²) >= 11 is 0. The van der Waals surface area contributed by atoms with Crippen molar-refractivity contribution in [1.29, 1.82) is 5.26 Å². The van der Waals surface area contributed by atoms with Gasteiger partial charge in [0.2, 0.25) is 0 Å². The van der Waals surface area contributed by atoms with Crippen molar-refractivity contribution in [2.45, 2.75) is 12.8 Å². The van der Waals surface area contributed by atoms with E-state index in [4.69, 9.17) is 5.26 Å². The van der Waals surface area contributed by atoms with Crippen LogP contribution in [0.25, 0.3) is 11.0 Å². The zero-order chi connectivity index (χ0) is 10.5. The number of hydrogen-bond donors (Lipinski definition) is 2. The molecule has 0 bridgehead atoms. The normalized spacial score (nSPS) is 10.1. The number of anilines is 1. The number of imidazole rings is 1. The topological polar surface area (TPSA) is 64.5 Å². The molecule has 0 unspecified atom stereocenters. The number of rotatable bonds is 4. The summed E-state index contributed by atoms with van der Waals surface area (Å²) in [5.74, 6) is 0. The quantitative estimate of drug-likeness (QED) is 0.744. The van der Waals surface area contributed by atoms with E-state index >= 15 is 0 Å². The number of nitrogens with zero attached hydrogens (tertiary/aromatic N) is 2. The smallest absolute Gasteiger partial charge is 0.0931 e. The van der Waals surface area contributed by atoms with E-state index in [1.165, 1.54) is 0 Å². The van der Waals surface area contributed by atoms with E-state index in [1.54, 1.807) is 6.33 Å². The molecule has 2 rings (SSSR count). The van der Waals surface area contributed by atoms with E-state index in [1.807, 2.05) is 18.2 Å². The maximum Gasteiger partial charge on any atom is 0.0931 e. The van der Waals surface area contributed by atoms with Gasteiger partial charge in [0.1, 0.15) is 0 Å². The molecule has 1 aromatic heterocycles. The highest BCUT2D eigenvalue weighted by Gasteiger charge is 1.97. The lowest BCUT2D eigenvalue weighted by Crippen LogP contribution is -2.00. The van der Waals surface area contributed by atoms with E-state index in [0.717, 1.165) is 29.7 Å². The van der Waals surface area contributed by atoms with E-state index in [-0.39, 0.29) is 0 Å². The number of nitriles is 1. The molecule has 2 N–H and O–H groups in total. The van der Waals surface area contributed by atoms with Crippen LogP contribution in [0.4, 0.5) is 5.69 Å². The summed E-state index contributed by atoms with van der Waals surface area (Å²) in [5, 5.41) is 11.6. The third kappa shape index (κ3) is 2.26. The molecular weight excluding hydrogens is 188 g/mol. The lowest BCUT2D eigenvalue weighted by atomic mass is 10.2. The highest BCUT2D eigenvalue weighted by atomic mass is 14.9. The SMILES string of the molecule is N#CCCCNc1ccc2nc[nH]c2c1. The highest BCUT2D eigenvalue weighted by molar-refractivity contribution is 5.78. The van der Waals surface area contributed by atoms with Crippen LogP contribution in [0.1, 0.15) is 12.8 Å². The molecule has 76 valence electrons. The molecule has 0 radical (unpaired) electrons. The van der Waals surface area contributed by atoms with E-state index < -0.39 is 0 Å². The van der Waals surface area contributed by atoms with E-state index in [9.17, 15) is 0 Å². The van der Waals surface area contributed by atoms with Crippen LogP contribution in [-0.4, -0.2) is 16.5 Å². The number of H-pyrrole nitrogens is 1. The first-order chi connectivity index (χ1) is 7.40. The molecule has 4 heteroatoms. The molecule has 0 saturated carbocycles. The van der Waals surface area contributed by atoms with Crippen LogP contribution in [0.3, 0.4) is 0 Å². The van der Waals surface area contributed by atoms with Crippen molar-refractivity contribution in [2.24, 2.45) is 0 Å². The Balaban J connectivity index is 1.99. The largest absolute Gasteiger partial charge is 0.385 e. The van der Waals surface area contributed by atoms with Gasteiger partial charge in [0.25, 0.3) is 0 Å². The van der Waals surface area contributed by atoms with Gasteiger partial charge in [-0.05, 0) is 24.6 Å². The van der Waals surface area contributed by atoms with Crippen LogP contribution in [-0.2, 0) is 0 Å². The second-order valence-corrected chi connectivity index (χ2v) is 3.32. The van der Waals surface area contributed by atoms with Crippen molar-refractivity contribution in [2.75, 3.05) is 11.9 Å². The third-order valence-electron chi connectivity index (χ3n) is 2.21. The summed E-state index contributed by atoms with van der Waals surface area (Å²) in [6, 6.07) is 8.11. The fourth-order valence-electron chi connectivity index (χ4n) is 1.45. The molecule has 0 spiro atoms. The second-order valence-electron chi connectivity index (χ2n) is 3.32. The Bertz CT molecular complexity index is 481. The Hall–Kier alpha value is -2.02. The van der Waals surface area contributed by atoms with Crippen molar-refractivity contribution >= 4 is 16.7 Å². The molecule has 0 aliphatic rings. The summed E-state index contributed by atoms with van der Waals surface area (Å²) < 4.78 is 0. The zero-order valence-corrected chi connectivity index (χ0v) is 8.33. The predicted molar refractivity (Wildman–Crippen MR) is 59.4 cm³/mol. The van der Waals surface area contributed by atoms with Crippen molar-refractivity contribution in [3.8, 4) is 6.07 Å². The first-order valence-electron chi connectivity index (χ1n) is 4.94. The van der Waals surface area contributed by atoms with Crippen molar-refractivity contribution < 1.29 is 0 Å². The van der Waals surface area contributed by atoms with Crippen molar-refractivity contribution in [3.05, 3.63) is 24.5 Å². The Morgan fingerprint density at radius 2 is 2.40 bits per heavy atom. The molecule has 0 aliphatic carbocycles. The summed E-state index contributed by atoms with van der Waals surface area (Å²) in [6.07, 6.45) is 3.15. The zero-order valence-electron chi connectivity index (χ0n) is 8.33. The van der Waals surface area contributed by atoms with Crippen LogP contribution in [0, 0.1) is 11.3 Å². The van der Waals surface area contributed by atoms with Crippen LogP contribution in [0.15, 0.2) is 24.5 Å². The van der Waals surface area contributed by atoms with Gasteiger partial charge < -0.3 is 10.3 Å². The molecule has 15 heavy (non-hydrogen) atoms. The standard InChI is InChI=1S/C11H12N4/c12-5-1-2-6-13-9-3-4-10-11(7-9)15-8-14-10/h3-4,7-8,13H,1-2,6H2,(H,14,15).